The van der Waals surface area contributed by atoms with E-state index in [1.165, 1.54) is 0 Å². The minimum Gasteiger partial charge on any atom is -0.401 e. The van der Waals surface area contributed by atoms with Crippen LogP contribution in [0.3, 0.4) is 0 Å². The molecule has 1 aromatic rings. The third-order valence-electron chi connectivity index (χ3n) is 2.34. The smallest absolute Gasteiger partial charge is 0.173 e. The maximum Gasteiger partial charge on any atom is 0.173 e. The Balaban J connectivity index is 2.64. The second kappa shape index (κ2) is 6.22. The molecule has 1 rings (SSSR count). The van der Waals surface area contributed by atoms with Crippen LogP contribution in [0, 0.1) is 5.41 Å². The Morgan fingerprint density at radius 1 is 1.18 bits per heavy atom. The summed E-state index contributed by atoms with van der Waals surface area (Å²) in [5, 5.41) is 3.48. The zero-order valence-electron chi connectivity index (χ0n) is 11.7. The monoisotopic (exact) mass is 251 g/mol. The Morgan fingerprint density at radius 2 is 1.76 bits per heavy atom. The molecular formula is C14H25NOSi. The molecule has 96 valence electrons. The molecule has 0 aliphatic rings. The fourth-order valence-corrected chi connectivity index (χ4v) is 2.56. The molecule has 0 radical (unpaired) electrons. The van der Waals surface area contributed by atoms with Crippen molar-refractivity contribution in [3.63, 3.8) is 0 Å². The third-order valence-corrected chi connectivity index (χ3v) is 3.21. The van der Waals surface area contributed by atoms with Crippen LogP contribution < -0.4 is 5.32 Å². The SMILES string of the molecule is C[SiH](C)OC(CC(C)(C)C)Nc1ccccc1. The Kier molecular flexibility index (Phi) is 5.21. The van der Waals surface area contributed by atoms with Gasteiger partial charge >= 0.3 is 0 Å². The maximum atomic E-state index is 6.06. The Hall–Kier alpha value is -0.803. The first-order chi connectivity index (χ1) is 7.87. The molecule has 0 fully saturated rings. The van der Waals surface area contributed by atoms with Gasteiger partial charge in [0.25, 0.3) is 0 Å². The Labute approximate surface area is 107 Å². The molecule has 0 spiro atoms. The zero-order valence-corrected chi connectivity index (χ0v) is 12.8. The lowest BCUT2D eigenvalue weighted by Gasteiger charge is -2.29. The molecule has 1 aromatic carbocycles. The van der Waals surface area contributed by atoms with Crippen molar-refractivity contribution in [3.8, 4) is 0 Å². The van der Waals surface area contributed by atoms with Crippen molar-refractivity contribution in [1.82, 2.24) is 0 Å². The molecule has 17 heavy (non-hydrogen) atoms. The van der Waals surface area contributed by atoms with Crippen molar-refractivity contribution in [3.05, 3.63) is 30.3 Å². The first-order valence-corrected chi connectivity index (χ1v) is 9.12. The van der Waals surface area contributed by atoms with E-state index >= 15 is 0 Å². The third kappa shape index (κ3) is 6.49. The number of nitrogens with one attached hydrogen (secondary N) is 1. The van der Waals surface area contributed by atoms with Gasteiger partial charge in [0.1, 0.15) is 6.23 Å². The molecule has 3 heteroatoms. The van der Waals surface area contributed by atoms with Crippen molar-refractivity contribution >= 4 is 14.7 Å². The summed E-state index contributed by atoms with van der Waals surface area (Å²) in [6.45, 7) is 11.2. The molecule has 0 amide bonds. The number of benzene rings is 1. The zero-order chi connectivity index (χ0) is 12.9. The quantitative estimate of drug-likeness (QED) is 0.634. The van der Waals surface area contributed by atoms with Gasteiger partial charge in [-0.1, -0.05) is 39.0 Å². The van der Waals surface area contributed by atoms with Gasteiger partial charge in [0.2, 0.25) is 0 Å². The number of para-hydroxylation sites is 1. The fourth-order valence-electron chi connectivity index (χ4n) is 1.74. The predicted molar refractivity (Wildman–Crippen MR) is 77.9 cm³/mol. The highest BCUT2D eigenvalue weighted by Crippen LogP contribution is 2.23. The number of anilines is 1. The minimum absolute atomic E-state index is 0.129. The van der Waals surface area contributed by atoms with E-state index in [1.54, 1.807) is 0 Å². The highest BCUT2D eigenvalue weighted by Gasteiger charge is 2.20. The number of rotatable bonds is 5. The van der Waals surface area contributed by atoms with Crippen molar-refractivity contribution in [2.24, 2.45) is 5.41 Å². The molecule has 0 saturated carbocycles. The second-order valence-corrected chi connectivity index (χ2v) is 8.32. The van der Waals surface area contributed by atoms with E-state index in [1.807, 2.05) is 18.2 Å². The normalized spacial score (nSPS) is 13.8. The standard InChI is InChI=1S/C14H25NOSi/c1-14(2,3)11-13(16-17(4)5)15-12-9-7-6-8-10-12/h6-10,13,15,17H,11H2,1-5H3. The molecule has 1 unspecified atom stereocenters. The van der Waals surface area contributed by atoms with Crippen LogP contribution in [0.1, 0.15) is 27.2 Å². The van der Waals surface area contributed by atoms with Gasteiger partial charge < -0.3 is 9.74 Å². The van der Waals surface area contributed by atoms with Crippen LogP contribution in [0.15, 0.2) is 30.3 Å². The van der Waals surface area contributed by atoms with Gasteiger partial charge in [-0.05, 0) is 37.1 Å². The summed E-state index contributed by atoms with van der Waals surface area (Å²) in [7, 11) is -1.02. The van der Waals surface area contributed by atoms with Crippen LogP contribution in [0.2, 0.25) is 13.1 Å². The van der Waals surface area contributed by atoms with E-state index in [0.717, 1.165) is 12.1 Å². The van der Waals surface area contributed by atoms with Gasteiger partial charge in [0, 0.05) is 5.69 Å². The summed E-state index contributed by atoms with van der Waals surface area (Å²) in [6, 6.07) is 10.3. The van der Waals surface area contributed by atoms with Crippen LogP contribution >= 0.6 is 0 Å². The van der Waals surface area contributed by atoms with Crippen molar-refractivity contribution in [2.75, 3.05) is 5.32 Å². The van der Waals surface area contributed by atoms with Gasteiger partial charge in [0.15, 0.2) is 9.04 Å². The van der Waals surface area contributed by atoms with Crippen LogP contribution in [0.25, 0.3) is 0 Å². The van der Waals surface area contributed by atoms with Gasteiger partial charge in [0.05, 0.1) is 0 Å². The summed E-state index contributed by atoms with van der Waals surface area (Å²) in [5.41, 5.74) is 1.41. The van der Waals surface area contributed by atoms with E-state index in [0.29, 0.717) is 0 Å². The molecule has 0 saturated heterocycles. The van der Waals surface area contributed by atoms with Gasteiger partial charge in [-0.2, -0.15) is 0 Å². The van der Waals surface area contributed by atoms with Crippen LogP contribution in [0.5, 0.6) is 0 Å². The summed E-state index contributed by atoms with van der Waals surface area (Å²) < 4.78 is 6.06. The van der Waals surface area contributed by atoms with Crippen LogP contribution in [-0.2, 0) is 4.43 Å². The maximum absolute atomic E-state index is 6.06. The number of hydrogen-bond acceptors (Lipinski definition) is 2. The fraction of sp³-hybridized carbons (Fsp3) is 0.571. The predicted octanol–water partition coefficient (Wildman–Crippen LogP) is 3.86. The lowest BCUT2D eigenvalue weighted by molar-refractivity contribution is 0.169. The van der Waals surface area contributed by atoms with E-state index in [-0.39, 0.29) is 11.6 Å². The van der Waals surface area contributed by atoms with E-state index in [4.69, 9.17) is 4.43 Å². The molecule has 1 atom stereocenters. The topological polar surface area (TPSA) is 21.3 Å². The Bertz CT molecular complexity index is 319. The minimum atomic E-state index is -1.02. The van der Waals surface area contributed by atoms with Gasteiger partial charge in [-0.3, -0.25) is 0 Å². The largest absolute Gasteiger partial charge is 0.401 e. The van der Waals surface area contributed by atoms with E-state index in [9.17, 15) is 0 Å². The Morgan fingerprint density at radius 3 is 2.24 bits per heavy atom. The first-order valence-electron chi connectivity index (χ1n) is 6.34. The number of hydrogen-bond donors (Lipinski definition) is 1. The molecule has 1 N–H and O–H groups in total. The van der Waals surface area contributed by atoms with Crippen molar-refractivity contribution in [1.29, 1.82) is 0 Å². The van der Waals surface area contributed by atoms with Gasteiger partial charge in [-0.15, -0.1) is 0 Å². The molecule has 0 aliphatic carbocycles. The molecule has 0 heterocycles. The van der Waals surface area contributed by atoms with Crippen LogP contribution in [0.4, 0.5) is 5.69 Å². The van der Waals surface area contributed by atoms with Crippen molar-refractivity contribution in [2.45, 2.75) is 46.5 Å². The summed E-state index contributed by atoms with van der Waals surface area (Å²) in [6.07, 6.45) is 1.15. The summed E-state index contributed by atoms with van der Waals surface area (Å²) in [4.78, 5) is 0. The highest BCUT2D eigenvalue weighted by molar-refractivity contribution is 6.48. The first kappa shape index (κ1) is 14.3. The molecular weight excluding hydrogens is 226 g/mol. The van der Waals surface area contributed by atoms with E-state index in [2.05, 4.69) is 51.3 Å². The molecule has 0 bridgehead atoms. The molecule has 0 aromatic heterocycles. The lowest BCUT2D eigenvalue weighted by atomic mass is 9.91. The highest BCUT2D eigenvalue weighted by atomic mass is 28.3. The van der Waals surface area contributed by atoms with E-state index < -0.39 is 9.04 Å². The van der Waals surface area contributed by atoms with Gasteiger partial charge in [-0.25, -0.2) is 0 Å². The average molecular weight is 251 g/mol. The second-order valence-electron chi connectivity index (χ2n) is 5.95. The van der Waals surface area contributed by atoms with Crippen molar-refractivity contribution < 1.29 is 4.43 Å². The van der Waals surface area contributed by atoms with Crippen LogP contribution in [-0.4, -0.2) is 15.3 Å². The molecule has 2 nitrogen and oxygen atoms in total. The lowest BCUT2D eigenvalue weighted by Crippen LogP contribution is -2.32. The average Bonchev–Trinajstić information content (AvgIpc) is 2.15. The molecule has 0 aliphatic heterocycles. The summed E-state index contributed by atoms with van der Waals surface area (Å²) in [5.74, 6) is 0. The summed E-state index contributed by atoms with van der Waals surface area (Å²) >= 11 is 0.